The van der Waals surface area contributed by atoms with E-state index in [2.05, 4.69) is 76.1 Å². The molecule has 2 rings (SSSR count). The minimum atomic E-state index is 0.138. The highest BCUT2D eigenvalue weighted by molar-refractivity contribution is 9.11. The smallest absolute Gasteiger partial charge is 0.0590 e. The molecule has 0 saturated heterocycles. The van der Waals surface area contributed by atoms with Gasteiger partial charge >= 0.3 is 0 Å². The van der Waals surface area contributed by atoms with E-state index in [4.69, 9.17) is 11.6 Å². The molecule has 0 aliphatic heterocycles. The Morgan fingerprint density at radius 3 is 2.33 bits per heavy atom. The van der Waals surface area contributed by atoms with Crippen LogP contribution < -0.4 is 5.32 Å². The molecular formula is C17H18Br2ClN. The van der Waals surface area contributed by atoms with Crippen molar-refractivity contribution in [3.8, 4) is 0 Å². The summed E-state index contributed by atoms with van der Waals surface area (Å²) in [5, 5.41) is 4.34. The molecule has 4 heteroatoms. The average molecular weight is 432 g/mol. The number of benzene rings is 2. The largest absolute Gasteiger partial charge is 0.306 e. The number of halogens is 3. The maximum Gasteiger partial charge on any atom is 0.0590 e. The van der Waals surface area contributed by atoms with Gasteiger partial charge in [0.05, 0.1) is 6.04 Å². The Kier molecular flexibility index (Phi) is 5.89. The SMILES string of the molecule is CCNC(c1ccc(Cl)cc1C)c1cc(Br)c(C)cc1Br. The number of hydrogen-bond acceptors (Lipinski definition) is 1. The minimum Gasteiger partial charge on any atom is -0.306 e. The third-order valence-corrected chi connectivity index (χ3v) is 5.32. The zero-order chi connectivity index (χ0) is 15.6. The lowest BCUT2D eigenvalue weighted by molar-refractivity contribution is 0.625. The van der Waals surface area contributed by atoms with Gasteiger partial charge in [0.1, 0.15) is 0 Å². The van der Waals surface area contributed by atoms with Gasteiger partial charge in [-0.1, -0.05) is 56.5 Å². The van der Waals surface area contributed by atoms with Crippen molar-refractivity contribution in [2.45, 2.75) is 26.8 Å². The van der Waals surface area contributed by atoms with Gasteiger partial charge in [-0.2, -0.15) is 0 Å². The first-order chi connectivity index (χ1) is 9.93. The molecule has 0 radical (unpaired) electrons. The summed E-state index contributed by atoms with van der Waals surface area (Å²) in [5.74, 6) is 0. The molecular weight excluding hydrogens is 413 g/mol. The van der Waals surface area contributed by atoms with Crippen LogP contribution in [0.2, 0.25) is 5.02 Å². The van der Waals surface area contributed by atoms with E-state index in [1.807, 2.05) is 12.1 Å². The molecule has 2 aromatic rings. The Hall–Kier alpha value is -0.350. The zero-order valence-corrected chi connectivity index (χ0v) is 16.2. The Morgan fingerprint density at radius 1 is 1.00 bits per heavy atom. The van der Waals surface area contributed by atoms with E-state index in [1.165, 1.54) is 22.3 Å². The summed E-state index contributed by atoms with van der Waals surface area (Å²) in [4.78, 5) is 0. The normalized spacial score (nSPS) is 12.5. The fraction of sp³-hybridized carbons (Fsp3) is 0.294. The summed E-state index contributed by atoms with van der Waals surface area (Å²) in [6, 6.07) is 10.5. The Labute approximate surface area is 148 Å². The first-order valence-corrected chi connectivity index (χ1v) is 8.85. The van der Waals surface area contributed by atoms with Crippen LogP contribution in [0, 0.1) is 13.8 Å². The molecule has 0 amide bonds. The summed E-state index contributed by atoms with van der Waals surface area (Å²) in [5.41, 5.74) is 4.88. The molecule has 1 nitrogen and oxygen atoms in total. The van der Waals surface area contributed by atoms with Crippen molar-refractivity contribution in [2.24, 2.45) is 0 Å². The van der Waals surface area contributed by atoms with Gasteiger partial charge in [0.25, 0.3) is 0 Å². The fourth-order valence-corrected chi connectivity index (χ4v) is 3.71. The van der Waals surface area contributed by atoms with Gasteiger partial charge in [-0.05, 0) is 66.9 Å². The predicted octanol–water partition coefficient (Wildman–Crippen LogP) is 6.18. The van der Waals surface area contributed by atoms with Crippen LogP contribution in [-0.4, -0.2) is 6.54 Å². The van der Waals surface area contributed by atoms with Gasteiger partial charge in [-0.25, -0.2) is 0 Å². The molecule has 112 valence electrons. The third-order valence-electron chi connectivity index (χ3n) is 3.54. The second kappa shape index (κ2) is 7.28. The van der Waals surface area contributed by atoms with E-state index in [1.54, 1.807) is 0 Å². The molecule has 0 bridgehead atoms. The van der Waals surface area contributed by atoms with Crippen molar-refractivity contribution >= 4 is 43.5 Å². The highest BCUT2D eigenvalue weighted by Gasteiger charge is 2.19. The first-order valence-electron chi connectivity index (χ1n) is 6.89. The first kappa shape index (κ1) is 17.0. The number of nitrogens with one attached hydrogen (secondary N) is 1. The van der Waals surface area contributed by atoms with Gasteiger partial charge < -0.3 is 5.32 Å². The van der Waals surface area contributed by atoms with Crippen LogP contribution in [0.4, 0.5) is 0 Å². The molecule has 0 heterocycles. The van der Waals surface area contributed by atoms with Gasteiger partial charge in [0.15, 0.2) is 0 Å². The maximum absolute atomic E-state index is 6.08. The second-order valence-electron chi connectivity index (χ2n) is 5.11. The van der Waals surface area contributed by atoms with E-state index in [9.17, 15) is 0 Å². The van der Waals surface area contributed by atoms with E-state index in [0.29, 0.717) is 0 Å². The fourth-order valence-electron chi connectivity index (χ4n) is 2.44. The van der Waals surface area contributed by atoms with Crippen molar-refractivity contribution in [3.63, 3.8) is 0 Å². The molecule has 1 atom stereocenters. The molecule has 1 N–H and O–H groups in total. The molecule has 21 heavy (non-hydrogen) atoms. The third kappa shape index (κ3) is 3.89. The lowest BCUT2D eigenvalue weighted by atomic mass is 9.94. The van der Waals surface area contributed by atoms with Crippen LogP contribution in [0.3, 0.4) is 0 Å². The summed E-state index contributed by atoms with van der Waals surface area (Å²) in [6.45, 7) is 7.21. The molecule has 0 aliphatic carbocycles. The highest BCUT2D eigenvalue weighted by Crippen LogP contribution is 2.34. The molecule has 0 fully saturated rings. The maximum atomic E-state index is 6.08. The lowest BCUT2D eigenvalue weighted by Crippen LogP contribution is -2.23. The molecule has 0 spiro atoms. The van der Waals surface area contributed by atoms with Gasteiger partial charge in [0, 0.05) is 14.0 Å². The monoisotopic (exact) mass is 429 g/mol. The van der Waals surface area contributed by atoms with Gasteiger partial charge in [-0.3, -0.25) is 0 Å². The minimum absolute atomic E-state index is 0.138. The van der Waals surface area contributed by atoms with Gasteiger partial charge in [-0.15, -0.1) is 0 Å². The van der Waals surface area contributed by atoms with Crippen LogP contribution in [-0.2, 0) is 0 Å². The highest BCUT2D eigenvalue weighted by atomic mass is 79.9. The topological polar surface area (TPSA) is 12.0 Å². The quantitative estimate of drug-likeness (QED) is 0.609. The zero-order valence-electron chi connectivity index (χ0n) is 12.3. The van der Waals surface area contributed by atoms with Crippen LogP contribution in [0.1, 0.15) is 35.2 Å². The summed E-state index contributed by atoms with van der Waals surface area (Å²) in [7, 11) is 0. The van der Waals surface area contributed by atoms with E-state index in [-0.39, 0.29) is 6.04 Å². The predicted molar refractivity (Wildman–Crippen MR) is 98.3 cm³/mol. The summed E-state index contributed by atoms with van der Waals surface area (Å²) < 4.78 is 2.23. The van der Waals surface area contributed by atoms with Crippen LogP contribution in [0.15, 0.2) is 39.3 Å². The van der Waals surface area contributed by atoms with Crippen molar-refractivity contribution in [3.05, 3.63) is 66.6 Å². The molecule has 1 unspecified atom stereocenters. The summed E-state index contributed by atoms with van der Waals surface area (Å²) >= 11 is 13.4. The van der Waals surface area contributed by atoms with E-state index < -0.39 is 0 Å². The molecule has 0 aromatic heterocycles. The Balaban J connectivity index is 2.55. The second-order valence-corrected chi connectivity index (χ2v) is 7.26. The van der Waals surface area contributed by atoms with Crippen molar-refractivity contribution in [1.82, 2.24) is 5.32 Å². The molecule has 2 aromatic carbocycles. The molecule has 0 aliphatic rings. The average Bonchev–Trinajstić information content (AvgIpc) is 2.41. The van der Waals surface area contributed by atoms with E-state index >= 15 is 0 Å². The number of aryl methyl sites for hydroxylation is 2. The Bertz CT molecular complexity index is 655. The number of rotatable bonds is 4. The molecule has 0 saturated carbocycles. The standard InChI is InChI=1S/C17H18Br2ClN/c1-4-21-17(13-6-5-12(20)7-10(13)2)14-9-15(18)11(3)8-16(14)19/h5-9,17,21H,4H2,1-3H3. The van der Waals surface area contributed by atoms with Crippen molar-refractivity contribution in [2.75, 3.05) is 6.54 Å². The van der Waals surface area contributed by atoms with Gasteiger partial charge in [0.2, 0.25) is 0 Å². The Morgan fingerprint density at radius 2 is 1.71 bits per heavy atom. The van der Waals surface area contributed by atoms with Crippen LogP contribution in [0.5, 0.6) is 0 Å². The van der Waals surface area contributed by atoms with Crippen LogP contribution in [0.25, 0.3) is 0 Å². The van der Waals surface area contributed by atoms with Crippen molar-refractivity contribution < 1.29 is 0 Å². The van der Waals surface area contributed by atoms with Crippen molar-refractivity contribution in [1.29, 1.82) is 0 Å². The van der Waals surface area contributed by atoms with E-state index in [0.717, 1.165) is 20.5 Å². The van der Waals surface area contributed by atoms with Crippen LogP contribution >= 0.6 is 43.5 Å². The number of hydrogen-bond donors (Lipinski definition) is 1. The summed E-state index contributed by atoms with van der Waals surface area (Å²) in [6.07, 6.45) is 0. The lowest BCUT2D eigenvalue weighted by Gasteiger charge is -2.23.